The molecule has 11 nitrogen and oxygen atoms in total. The third-order valence-corrected chi connectivity index (χ3v) is 5.71. The minimum absolute atomic E-state index is 0.378. The zero-order chi connectivity index (χ0) is 23.6. The van der Waals surface area contributed by atoms with Gasteiger partial charge in [-0.1, -0.05) is 0 Å². The van der Waals surface area contributed by atoms with Crippen LogP contribution in [0.15, 0.2) is 6.07 Å². The van der Waals surface area contributed by atoms with Gasteiger partial charge in [-0.3, -0.25) is 9.89 Å². The Balaban J connectivity index is 0.000000464. The van der Waals surface area contributed by atoms with E-state index in [9.17, 15) is 0 Å². The van der Waals surface area contributed by atoms with Crippen LogP contribution in [-0.2, 0) is 4.79 Å². The molecule has 2 saturated heterocycles. The van der Waals surface area contributed by atoms with E-state index in [-0.39, 0.29) is 0 Å². The Bertz CT molecular complexity index is 904. The van der Waals surface area contributed by atoms with Crippen molar-refractivity contribution in [2.45, 2.75) is 44.1 Å². The first-order valence-corrected chi connectivity index (χ1v) is 11.4. The molecule has 5 rings (SSSR count). The summed E-state index contributed by atoms with van der Waals surface area (Å²) in [6.07, 6.45) is 14.6. The monoisotopic (exact) mass is 454 g/mol. The number of likely N-dealkylation sites (N-methyl/N-ethyl adjacent to an activating group) is 1. The van der Waals surface area contributed by atoms with Crippen LogP contribution in [0.4, 0.5) is 23.7 Å². The van der Waals surface area contributed by atoms with E-state index in [4.69, 9.17) is 9.78 Å². The summed E-state index contributed by atoms with van der Waals surface area (Å²) in [5.41, 5.74) is 1.19. The summed E-state index contributed by atoms with van der Waals surface area (Å²) in [7, 11) is 3.71. The molecule has 1 amide bonds. The van der Waals surface area contributed by atoms with Gasteiger partial charge in [0.1, 0.15) is 0 Å². The minimum atomic E-state index is 0.378. The number of amides is 1. The van der Waals surface area contributed by atoms with Crippen LogP contribution in [0.3, 0.4) is 0 Å². The van der Waals surface area contributed by atoms with Crippen molar-refractivity contribution in [3.8, 4) is 12.8 Å². The molecule has 2 aromatic rings. The van der Waals surface area contributed by atoms with Crippen molar-refractivity contribution in [1.82, 2.24) is 35.4 Å². The number of nitrogens with one attached hydrogen (secondary N) is 4. The van der Waals surface area contributed by atoms with Crippen molar-refractivity contribution < 1.29 is 4.79 Å². The first-order chi connectivity index (χ1) is 16.1. The average molecular weight is 455 g/mol. The smallest absolute Gasteiger partial charge is 0.235 e. The number of aromatic amines is 1. The lowest BCUT2D eigenvalue weighted by atomic mass is 10.3. The van der Waals surface area contributed by atoms with Gasteiger partial charge >= 0.3 is 0 Å². The molecule has 0 radical (unpaired) electrons. The lowest BCUT2D eigenvalue weighted by molar-refractivity contribution is -0.109. The highest BCUT2D eigenvalue weighted by atomic mass is 16.1. The SMILES string of the molecule is C#C.CN1CCC(Nc2nc(Nc3cc(C4CC4)[nH]n3)nc(N3CCCC3)n2)C1.CNC=O. The van der Waals surface area contributed by atoms with E-state index in [1.807, 2.05) is 0 Å². The number of anilines is 4. The summed E-state index contributed by atoms with van der Waals surface area (Å²) >= 11 is 0. The number of hydrogen-bond acceptors (Lipinski definition) is 9. The Labute approximate surface area is 195 Å². The van der Waals surface area contributed by atoms with E-state index in [2.05, 4.69) is 71.9 Å². The number of terminal acetylenes is 1. The molecule has 2 aliphatic heterocycles. The predicted molar refractivity (Wildman–Crippen MR) is 130 cm³/mol. The molecule has 4 heterocycles. The second-order valence-corrected chi connectivity index (χ2v) is 8.38. The summed E-state index contributed by atoms with van der Waals surface area (Å²) in [5, 5.41) is 16.5. The van der Waals surface area contributed by atoms with E-state index < -0.39 is 0 Å². The standard InChI is InChI=1S/C18H27N9.C2H5NO.C2H2/c1-26-9-6-13(11-26)19-16-21-17(23-18(22-16)27-7-2-3-8-27)20-15-10-14(24-25-15)12-4-5-12;1-3-2-4;1-2/h10,12-13H,2-9,11H2,1H3,(H3,19,20,21,22,23,24,25);2H,1H3,(H,3,4);1-2H. The molecule has 0 aromatic carbocycles. The number of aromatic nitrogens is 5. The molecule has 1 atom stereocenters. The van der Waals surface area contributed by atoms with E-state index >= 15 is 0 Å². The fraction of sp³-hybridized carbons (Fsp3) is 0.591. The van der Waals surface area contributed by atoms with E-state index in [1.165, 1.54) is 31.4 Å². The van der Waals surface area contributed by atoms with Gasteiger partial charge in [0.2, 0.25) is 24.3 Å². The van der Waals surface area contributed by atoms with Crippen LogP contribution in [-0.4, -0.2) is 82.8 Å². The summed E-state index contributed by atoms with van der Waals surface area (Å²) < 4.78 is 0. The van der Waals surface area contributed by atoms with E-state index in [1.54, 1.807) is 7.05 Å². The molecular weight excluding hydrogens is 420 g/mol. The summed E-state index contributed by atoms with van der Waals surface area (Å²) in [6, 6.07) is 2.44. The van der Waals surface area contributed by atoms with Crippen LogP contribution in [0.1, 0.15) is 43.7 Å². The molecule has 3 fully saturated rings. The number of nitrogens with zero attached hydrogens (tertiary/aromatic N) is 6. The van der Waals surface area contributed by atoms with Crippen molar-refractivity contribution in [2.24, 2.45) is 0 Å². The minimum Gasteiger partial charge on any atom is -0.362 e. The fourth-order valence-corrected chi connectivity index (χ4v) is 3.90. The maximum Gasteiger partial charge on any atom is 0.235 e. The molecular formula is C22H34N10O. The fourth-order valence-electron chi connectivity index (χ4n) is 3.90. The number of H-pyrrole nitrogens is 1. The van der Waals surface area contributed by atoms with Crippen LogP contribution < -0.4 is 20.9 Å². The van der Waals surface area contributed by atoms with Gasteiger partial charge in [0, 0.05) is 50.4 Å². The third kappa shape index (κ3) is 7.05. The lowest BCUT2D eigenvalue weighted by Crippen LogP contribution is -2.26. The van der Waals surface area contributed by atoms with Gasteiger partial charge in [0.25, 0.3) is 0 Å². The second-order valence-electron chi connectivity index (χ2n) is 8.38. The molecule has 3 aliphatic rings. The van der Waals surface area contributed by atoms with Crippen LogP contribution in [0.25, 0.3) is 0 Å². The van der Waals surface area contributed by atoms with Crippen LogP contribution in [0.5, 0.6) is 0 Å². The number of carbonyl (C=O) groups excluding carboxylic acids is 1. The quantitative estimate of drug-likeness (QED) is 0.364. The summed E-state index contributed by atoms with van der Waals surface area (Å²) in [5.74, 6) is 3.35. The largest absolute Gasteiger partial charge is 0.362 e. The molecule has 4 N–H and O–H groups in total. The van der Waals surface area contributed by atoms with Gasteiger partial charge in [-0.25, -0.2) is 0 Å². The number of rotatable bonds is 7. The van der Waals surface area contributed by atoms with Gasteiger partial charge in [-0.2, -0.15) is 20.1 Å². The van der Waals surface area contributed by atoms with Crippen molar-refractivity contribution in [3.63, 3.8) is 0 Å². The summed E-state index contributed by atoms with van der Waals surface area (Å²) in [4.78, 5) is 27.6. The first-order valence-electron chi connectivity index (χ1n) is 11.4. The maximum absolute atomic E-state index is 9.06. The molecule has 1 saturated carbocycles. The molecule has 0 spiro atoms. The molecule has 178 valence electrons. The highest BCUT2D eigenvalue weighted by Crippen LogP contribution is 2.39. The van der Waals surface area contributed by atoms with Gasteiger partial charge in [0.05, 0.1) is 0 Å². The zero-order valence-corrected chi connectivity index (χ0v) is 19.4. The van der Waals surface area contributed by atoms with Gasteiger partial charge in [-0.05, 0) is 45.7 Å². The first kappa shape index (κ1) is 24.3. The molecule has 2 aromatic heterocycles. The van der Waals surface area contributed by atoms with Crippen LogP contribution in [0, 0.1) is 12.8 Å². The Kier molecular flexibility index (Phi) is 8.83. The molecule has 1 unspecified atom stereocenters. The second kappa shape index (κ2) is 12.0. The van der Waals surface area contributed by atoms with Gasteiger partial charge in [-0.15, -0.1) is 12.8 Å². The van der Waals surface area contributed by atoms with Crippen molar-refractivity contribution in [1.29, 1.82) is 0 Å². The third-order valence-electron chi connectivity index (χ3n) is 5.71. The van der Waals surface area contributed by atoms with Gasteiger partial charge in [0.15, 0.2) is 5.82 Å². The van der Waals surface area contributed by atoms with E-state index in [0.717, 1.165) is 44.4 Å². The average Bonchev–Trinajstić information content (AvgIpc) is 3.19. The Morgan fingerprint density at radius 2 is 1.79 bits per heavy atom. The van der Waals surface area contributed by atoms with E-state index in [0.29, 0.717) is 30.3 Å². The Hall–Kier alpha value is -3.39. The normalized spacial score (nSPS) is 19.6. The highest BCUT2D eigenvalue weighted by Gasteiger charge is 2.26. The summed E-state index contributed by atoms with van der Waals surface area (Å²) in [6.45, 7) is 4.12. The highest BCUT2D eigenvalue weighted by molar-refractivity contribution is 5.53. The Morgan fingerprint density at radius 3 is 2.39 bits per heavy atom. The topological polar surface area (TPSA) is 127 Å². The number of hydrogen-bond donors (Lipinski definition) is 4. The number of likely N-dealkylation sites (tertiary alicyclic amines) is 1. The Morgan fingerprint density at radius 1 is 1.09 bits per heavy atom. The van der Waals surface area contributed by atoms with Crippen molar-refractivity contribution >= 4 is 30.1 Å². The number of carbonyl (C=O) groups is 1. The van der Waals surface area contributed by atoms with Crippen LogP contribution in [0.2, 0.25) is 0 Å². The zero-order valence-electron chi connectivity index (χ0n) is 19.4. The molecule has 0 bridgehead atoms. The molecule has 33 heavy (non-hydrogen) atoms. The predicted octanol–water partition coefficient (Wildman–Crippen LogP) is 1.54. The maximum atomic E-state index is 9.06. The molecule has 11 heteroatoms. The van der Waals surface area contributed by atoms with Crippen LogP contribution >= 0.6 is 0 Å². The van der Waals surface area contributed by atoms with Gasteiger partial charge < -0.3 is 25.8 Å². The van der Waals surface area contributed by atoms with Crippen molar-refractivity contribution in [2.75, 3.05) is 55.8 Å². The lowest BCUT2D eigenvalue weighted by Gasteiger charge is -2.18. The van der Waals surface area contributed by atoms with Crippen molar-refractivity contribution in [3.05, 3.63) is 11.8 Å². The molecule has 1 aliphatic carbocycles.